The zero-order chi connectivity index (χ0) is 18.0. The van der Waals surface area contributed by atoms with Gasteiger partial charge in [0, 0.05) is 20.7 Å². The number of aryl methyl sites for hydroxylation is 2. The average molecular weight is 367 g/mol. The highest BCUT2D eigenvalue weighted by Gasteiger charge is 2.36. The van der Waals surface area contributed by atoms with Crippen LogP contribution in [-0.2, 0) is 40.6 Å². The maximum atomic E-state index is 12.9. The topological polar surface area (TPSA) is 87.7 Å². The predicted octanol–water partition coefficient (Wildman–Crippen LogP) is 1.29. The van der Waals surface area contributed by atoms with Crippen LogP contribution >= 0.6 is 0 Å². The third kappa shape index (κ3) is 3.38. The first kappa shape index (κ1) is 18.2. The van der Waals surface area contributed by atoms with Crippen molar-refractivity contribution in [3.05, 3.63) is 28.3 Å². The smallest absolute Gasteiger partial charge is 0.336 e. The van der Waals surface area contributed by atoms with E-state index in [9.17, 15) is 13.2 Å². The van der Waals surface area contributed by atoms with Gasteiger partial charge in [-0.15, -0.1) is 0 Å². The van der Waals surface area contributed by atoms with E-state index in [1.807, 2.05) is 0 Å². The molecule has 2 N–H and O–H groups in total. The molecule has 0 atom stereocenters. The van der Waals surface area contributed by atoms with Gasteiger partial charge >= 0.3 is 16.2 Å². The van der Waals surface area contributed by atoms with Gasteiger partial charge < -0.3 is 10.1 Å². The molecule has 0 radical (unpaired) electrons. The molecule has 2 aliphatic carbocycles. The normalized spacial score (nSPS) is 15.8. The van der Waals surface area contributed by atoms with Gasteiger partial charge in [0.2, 0.25) is 0 Å². The zero-order valence-corrected chi connectivity index (χ0v) is 15.5. The molecular formula is C17H25N3O4S. The van der Waals surface area contributed by atoms with E-state index >= 15 is 0 Å². The largest absolute Gasteiger partial charge is 0.383 e. The molecule has 2 aliphatic rings. The van der Waals surface area contributed by atoms with Crippen molar-refractivity contribution in [3.63, 3.8) is 0 Å². The monoisotopic (exact) mass is 367 g/mol. The number of urea groups is 1. The number of hydrogen-bond acceptors (Lipinski definition) is 4. The van der Waals surface area contributed by atoms with Crippen molar-refractivity contribution in [2.45, 2.75) is 38.5 Å². The molecule has 25 heavy (non-hydrogen) atoms. The minimum atomic E-state index is -4.01. The SMILES string of the molecule is CNC(=O)N(c1c2c(cc3c1CCC3)CCC2)S(=O)(=O)NCCOC. The lowest BCUT2D eigenvalue weighted by Crippen LogP contribution is -2.49. The van der Waals surface area contributed by atoms with Crippen molar-refractivity contribution in [1.29, 1.82) is 0 Å². The van der Waals surface area contributed by atoms with Gasteiger partial charge in [-0.1, -0.05) is 6.07 Å². The number of methoxy groups -OCH3 is 1. The van der Waals surface area contributed by atoms with Crippen molar-refractivity contribution in [2.24, 2.45) is 0 Å². The van der Waals surface area contributed by atoms with E-state index in [1.54, 1.807) is 0 Å². The summed E-state index contributed by atoms with van der Waals surface area (Å²) in [6.07, 6.45) is 5.47. The highest BCUT2D eigenvalue weighted by Crippen LogP contribution is 2.41. The van der Waals surface area contributed by atoms with Gasteiger partial charge in [-0.05, 0) is 60.8 Å². The van der Waals surface area contributed by atoms with Crippen molar-refractivity contribution >= 4 is 21.9 Å². The number of rotatable bonds is 6. The minimum absolute atomic E-state index is 0.115. The number of amides is 2. The molecule has 0 fully saturated rings. The van der Waals surface area contributed by atoms with Crippen molar-refractivity contribution in [3.8, 4) is 0 Å². The summed E-state index contributed by atoms with van der Waals surface area (Å²) < 4.78 is 34.1. The van der Waals surface area contributed by atoms with E-state index < -0.39 is 16.2 Å². The summed E-state index contributed by atoms with van der Waals surface area (Å²) in [6.45, 7) is 0.357. The first-order valence-electron chi connectivity index (χ1n) is 8.66. The van der Waals surface area contributed by atoms with Crippen LogP contribution in [0.4, 0.5) is 10.5 Å². The van der Waals surface area contributed by atoms with E-state index in [-0.39, 0.29) is 13.2 Å². The number of fused-ring (bicyclic) bond motifs is 2. The van der Waals surface area contributed by atoms with Gasteiger partial charge in [0.05, 0.1) is 12.3 Å². The number of carbonyl (C=O) groups is 1. The Morgan fingerprint density at radius 1 is 1.16 bits per heavy atom. The van der Waals surface area contributed by atoms with E-state index in [1.165, 1.54) is 25.3 Å². The van der Waals surface area contributed by atoms with Gasteiger partial charge in [0.1, 0.15) is 0 Å². The molecule has 0 saturated carbocycles. The quantitative estimate of drug-likeness (QED) is 0.742. The molecule has 138 valence electrons. The third-order valence-corrected chi connectivity index (χ3v) is 6.27. The van der Waals surface area contributed by atoms with E-state index in [0.717, 1.165) is 54.0 Å². The van der Waals surface area contributed by atoms with Crippen LogP contribution in [0.15, 0.2) is 6.07 Å². The maximum Gasteiger partial charge on any atom is 0.336 e. The lowest BCUT2D eigenvalue weighted by Gasteiger charge is -2.27. The summed E-state index contributed by atoms with van der Waals surface area (Å²) in [4.78, 5) is 12.6. The molecule has 0 aromatic heterocycles. The third-order valence-electron chi connectivity index (χ3n) is 4.87. The molecule has 0 unspecified atom stereocenters. The van der Waals surface area contributed by atoms with Crippen LogP contribution in [0, 0.1) is 0 Å². The van der Waals surface area contributed by atoms with Crippen molar-refractivity contribution in [1.82, 2.24) is 10.0 Å². The lowest BCUT2D eigenvalue weighted by molar-refractivity contribution is 0.204. The zero-order valence-electron chi connectivity index (χ0n) is 14.7. The molecule has 8 heteroatoms. The van der Waals surface area contributed by atoms with Crippen molar-refractivity contribution < 1.29 is 17.9 Å². The molecule has 0 bridgehead atoms. The molecule has 0 aliphatic heterocycles. The summed E-state index contributed by atoms with van der Waals surface area (Å²) in [5, 5.41) is 2.48. The number of nitrogens with zero attached hydrogens (tertiary/aromatic N) is 1. The van der Waals surface area contributed by atoms with Gasteiger partial charge in [-0.25, -0.2) is 4.79 Å². The Kier molecular flexibility index (Phi) is 5.31. The fourth-order valence-electron chi connectivity index (χ4n) is 3.80. The number of hydrogen-bond donors (Lipinski definition) is 2. The Labute approximate surface area is 148 Å². The number of nitrogens with one attached hydrogen (secondary N) is 2. The Hall–Kier alpha value is -1.64. The predicted molar refractivity (Wildman–Crippen MR) is 96.2 cm³/mol. The molecule has 0 heterocycles. The number of benzene rings is 1. The summed E-state index contributed by atoms with van der Waals surface area (Å²) in [7, 11) is -1.06. The van der Waals surface area contributed by atoms with Crippen LogP contribution in [0.2, 0.25) is 0 Å². The molecule has 7 nitrogen and oxygen atoms in total. The number of carbonyl (C=O) groups excluding carboxylic acids is 1. The summed E-state index contributed by atoms with van der Waals surface area (Å²) in [6, 6.07) is 1.57. The lowest BCUT2D eigenvalue weighted by atomic mass is 9.99. The van der Waals surface area contributed by atoms with Crippen LogP contribution < -0.4 is 14.3 Å². The molecule has 0 saturated heterocycles. The average Bonchev–Trinajstić information content (AvgIpc) is 3.22. The molecular weight excluding hydrogens is 342 g/mol. The fourth-order valence-corrected chi connectivity index (χ4v) is 5.04. The molecule has 1 aromatic rings. The van der Waals surface area contributed by atoms with Gasteiger partial charge in [-0.2, -0.15) is 17.4 Å². The second-order valence-corrected chi connectivity index (χ2v) is 8.02. The highest BCUT2D eigenvalue weighted by atomic mass is 32.2. The molecule has 1 aromatic carbocycles. The van der Waals surface area contributed by atoms with Crippen LogP contribution in [0.25, 0.3) is 0 Å². The Bertz CT molecular complexity index is 744. The molecule has 3 rings (SSSR count). The van der Waals surface area contributed by atoms with E-state index in [0.29, 0.717) is 5.69 Å². The fraction of sp³-hybridized carbons (Fsp3) is 0.588. The van der Waals surface area contributed by atoms with Crippen LogP contribution in [0.1, 0.15) is 35.1 Å². The van der Waals surface area contributed by atoms with Gasteiger partial charge in [-0.3, -0.25) is 0 Å². The second-order valence-electron chi connectivity index (χ2n) is 6.42. The second kappa shape index (κ2) is 7.31. The number of anilines is 1. The minimum Gasteiger partial charge on any atom is -0.383 e. The summed E-state index contributed by atoms with van der Waals surface area (Å²) >= 11 is 0. The Morgan fingerprint density at radius 3 is 2.28 bits per heavy atom. The Morgan fingerprint density at radius 2 is 1.76 bits per heavy atom. The first-order chi connectivity index (χ1) is 12.0. The van der Waals surface area contributed by atoms with Crippen LogP contribution in [0.5, 0.6) is 0 Å². The maximum absolute atomic E-state index is 12.9. The van der Waals surface area contributed by atoms with Gasteiger partial charge in [0.25, 0.3) is 0 Å². The summed E-state index contributed by atoms with van der Waals surface area (Å²) in [5.74, 6) is 0. The molecule has 0 spiro atoms. The van der Waals surface area contributed by atoms with Crippen LogP contribution in [0.3, 0.4) is 0 Å². The standard InChI is InChI=1S/C17H25N3O4S/c1-18-17(21)20(25(22,23)19-9-10-24-2)16-14-7-3-5-12(14)11-13-6-4-8-15(13)16/h11,19H,3-10H2,1-2H3,(H,18,21). The summed E-state index contributed by atoms with van der Waals surface area (Å²) in [5.41, 5.74) is 4.93. The van der Waals surface area contributed by atoms with Crippen LogP contribution in [-0.4, -0.2) is 41.8 Å². The molecule has 2 amide bonds. The number of ether oxygens (including phenoxy) is 1. The van der Waals surface area contributed by atoms with E-state index in [4.69, 9.17) is 4.74 Å². The van der Waals surface area contributed by atoms with E-state index in [2.05, 4.69) is 16.1 Å². The first-order valence-corrected chi connectivity index (χ1v) is 10.1. The van der Waals surface area contributed by atoms with Gasteiger partial charge in [0.15, 0.2) is 0 Å². The Balaban J connectivity index is 2.11. The van der Waals surface area contributed by atoms with Crippen molar-refractivity contribution in [2.75, 3.05) is 31.6 Å². The highest BCUT2D eigenvalue weighted by molar-refractivity contribution is 7.91.